The van der Waals surface area contributed by atoms with Gasteiger partial charge in [0.15, 0.2) is 0 Å². The number of aromatic nitrogens is 2. The van der Waals surface area contributed by atoms with Gasteiger partial charge in [0.05, 0.1) is 11.0 Å². The summed E-state index contributed by atoms with van der Waals surface area (Å²) in [6.07, 6.45) is 0. The van der Waals surface area contributed by atoms with Crippen molar-refractivity contribution in [2.45, 2.75) is 0 Å². The Labute approximate surface area is 271 Å². The van der Waals surface area contributed by atoms with Gasteiger partial charge in [0.2, 0.25) is 0 Å². The first-order valence-corrected chi connectivity index (χ1v) is 16.1. The van der Waals surface area contributed by atoms with Crippen LogP contribution in [0.3, 0.4) is 0 Å². The van der Waals surface area contributed by atoms with Gasteiger partial charge in [-0.3, -0.25) is 4.57 Å². The van der Waals surface area contributed by atoms with Gasteiger partial charge in [0.1, 0.15) is 5.82 Å². The van der Waals surface area contributed by atoms with E-state index < -0.39 is 0 Å². The first-order valence-electron chi connectivity index (χ1n) is 16.1. The van der Waals surface area contributed by atoms with Gasteiger partial charge >= 0.3 is 0 Å². The number of nitrogens with zero attached hydrogens (tertiary/aromatic N) is 2. The third kappa shape index (κ3) is 3.95. The molecule has 0 spiro atoms. The molecule has 2 heteroatoms. The van der Waals surface area contributed by atoms with Gasteiger partial charge in [-0.05, 0) is 95.3 Å². The average Bonchev–Trinajstić information content (AvgIpc) is 3.54. The highest BCUT2D eigenvalue weighted by Gasteiger charge is 2.15. The lowest BCUT2D eigenvalue weighted by molar-refractivity contribution is 1.10. The highest BCUT2D eigenvalue weighted by molar-refractivity contribution is 6.32. The molecule has 0 saturated heterocycles. The van der Waals surface area contributed by atoms with Crippen molar-refractivity contribution in [2.75, 3.05) is 0 Å². The van der Waals surface area contributed by atoms with Crippen LogP contribution >= 0.6 is 0 Å². The van der Waals surface area contributed by atoms with Crippen LogP contribution in [0.1, 0.15) is 0 Å². The SMILES string of the molecule is c1ccc(-c2nc3ccccc3n2-c2ccc(-c3ccc4c(c3)c3ccccc3c3cccc5ccc6cccc4c6c53)cc2)cc1. The Kier molecular flexibility index (Phi) is 5.61. The van der Waals surface area contributed by atoms with Crippen LogP contribution in [0, 0.1) is 0 Å². The first-order chi connectivity index (χ1) is 23.3. The Morgan fingerprint density at radius 2 is 0.936 bits per heavy atom. The van der Waals surface area contributed by atoms with E-state index in [2.05, 4.69) is 168 Å². The molecule has 10 rings (SSSR count). The number of para-hydroxylation sites is 2. The van der Waals surface area contributed by atoms with Crippen LogP contribution in [0.25, 0.3) is 93.1 Å². The van der Waals surface area contributed by atoms with Crippen molar-refractivity contribution in [3.63, 3.8) is 0 Å². The zero-order chi connectivity index (χ0) is 30.9. The third-order valence-electron chi connectivity index (χ3n) is 9.75. The zero-order valence-corrected chi connectivity index (χ0v) is 25.6. The molecule has 1 aromatic heterocycles. The second-order valence-electron chi connectivity index (χ2n) is 12.4. The quantitative estimate of drug-likeness (QED) is 0.186. The zero-order valence-electron chi connectivity index (χ0n) is 25.6. The summed E-state index contributed by atoms with van der Waals surface area (Å²) in [4.78, 5) is 5.03. The minimum Gasteiger partial charge on any atom is -0.292 e. The van der Waals surface area contributed by atoms with E-state index in [1.807, 2.05) is 6.07 Å². The Morgan fingerprint density at radius 1 is 0.362 bits per heavy atom. The molecule has 0 radical (unpaired) electrons. The monoisotopic (exact) mass is 596 g/mol. The molecule has 1 heterocycles. The number of benzene rings is 8. The largest absolute Gasteiger partial charge is 0.292 e. The number of fused-ring (bicyclic) bond motifs is 6. The van der Waals surface area contributed by atoms with E-state index in [1.54, 1.807) is 0 Å². The Balaban J connectivity index is 1.21. The molecule has 9 aromatic carbocycles. The first kappa shape index (κ1) is 26.0. The molecule has 2 nitrogen and oxygen atoms in total. The number of hydrogen-bond acceptors (Lipinski definition) is 1. The van der Waals surface area contributed by atoms with Crippen molar-refractivity contribution >= 4 is 64.9 Å². The molecular weight excluding hydrogens is 569 g/mol. The molecule has 10 aromatic rings. The molecule has 0 aliphatic heterocycles. The predicted molar refractivity (Wildman–Crippen MR) is 199 cm³/mol. The molecule has 0 amide bonds. The van der Waals surface area contributed by atoms with E-state index in [9.17, 15) is 0 Å². The van der Waals surface area contributed by atoms with Crippen molar-refractivity contribution in [2.24, 2.45) is 0 Å². The second kappa shape index (κ2) is 10.1. The Bertz CT molecular complexity index is 2830. The van der Waals surface area contributed by atoms with Crippen molar-refractivity contribution in [1.82, 2.24) is 9.55 Å². The summed E-state index contributed by atoms with van der Waals surface area (Å²) in [5.74, 6) is 0.946. The minimum atomic E-state index is 0.946. The molecule has 0 unspecified atom stereocenters. The van der Waals surface area contributed by atoms with E-state index in [4.69, 9.17) is 4.98 Å². The second-order valence-corrected chi connectivity index (χ2v) is 12.4. The fourth-order valence-electron chi connectivity index (χ4n) is 7.61. The number of hydrogen-bond donors (Lipinski definition) is 0. The summed E-state index contributed by atoms with van der Waals surface area (Å²) in [5.41, 5.74) is 6.66. The van der Waals surface area contributed by atoms with Crippen molar-refractivity contribution in [1.29, 1.82) is 0 Å². The van der Waals surface area contributed by atoms with Gasteiger partial charge in [-0.15, -0.1) is 0 Å². The van der Waals surface area contributed by atoms with E-state index >= 15 is 0 Å². The van der Waals surface area contributed by atoms with Crippen LogP contribution in [0.15, 0.2) is 170 Å². The van der Waals surface area contributed by atoms with Crippen LogP contribution < -0.4 is 0 Å². The summed E-state index contributed by atoms with van der Waals surface area (Å²) < 4.78 is 2.27. The Morgan fingerprint density at radius 3 is 1.66 bits per heavy atom. The van der Waals surface area contributed by atoms with Crippen LogP contribution in [0.2, 0.25) is 0 Å². The maximum atomic E-state index is 5.03. The highest BCUT2D eigenvalue weighted by Crippen LogP contribution is 2.41. The normalized spacial score (nSPS) is 11.8. The molecule has 0 aliphatic carbocycles. The van der Waals surface area contributed by atoms with E-state index in [0.717, 1.165) is 28.1 Å². The van der Waals surface area contributed by atoms with Gasteiger partial charge in [0.25, 0.3) is 0 Å². The average molecular weight is 597 g/mol. The van der Waals surface area contributed by atoms with Gasteiger partial charge in [0, 0.05) is 11.3 Å². The summed E-state index contributed by atoms with van der Waals surface area (Å²) in [5, 5.41) is 12.8. The lowest BCUT2D eigenvalue weighted by Gasteiger charge is -2.14. The van der Waals surface area contributed by atoms with Gasteiger partial charge in [-0.2, -0.15) is 0 Å². The third-order valence-corrected chi connectivity index (χ3v) is 9.75. The van der Waals surface area contributed by atoms with Crippen LogP contribution in [0.5, 0.6) is 0 Å². The van der Waals surface area contributed by atoms with Crippen molar-refractivity contribution in [3.05, 3.63) is 170 Å². The predicted octanol–water partition coefficient (Wildman–Crippen LogP) is 12.1. The van der Waals surface area contributed by atoms with Crippen LogP contribution in [-0.2, 0) is 0 Å². The molecule has 47 heavy (non-hydrogen) atoms. The molecular formula is C45H28N2. The lowest BCUT2D eigenvalue weighted by atomic mass is 9.89. The number of imidazole rings is 1. The minimum absolute atomic E-state index is 0.946. The van der Waals surface area contributed by atoms with E-state index in [1.165, 1.54) is 65.0 Å². The fourth-order valence-corrected chi connectivity index (χ4v) is 7.61. The van der Waals surface area contributed by atoms with E-state index in [-0.39, 0.29) is 0 Å². The number of rotatable bonds is 3. The standard InChI is InChI=1S/C45H28N2/c1-2-10-32(11-3-1)45-46-41-18-6-7-19-42(41)47(45)34-25-22-29(23-26-34)33-24-27-37-39-17-9-13-31-21-20-30-12-8-16-38(43(30)44(31)39)35-14-4-5-15-36(35)40(37)28-33/h1-28H. The van der Waals surface area contributed by atoms with Gasteiger partial charge in [-0.1, -0.05) is 140 Å². The van der Waals surface area contributed by atoms with Crippen molar-refractivity contribution < 1.29 is 0 Å². The van der Waals surface area contributed by atoms with E-state index in [0.29, 0.717) is 0 Å². The van der Waals surface area contributed by atoms with Crippen LogP contribution in [0.4, 0.5) is 0 Å². The Hall–Kier alpha value is -6.25. The van der Waals surface area contributed by atoms with Crippen molar-refractivity contribution in [3.8, 4) is 28.2 Å². The molecule has 0 fully saturated rings. The fraction of sp³-hybridized carbons (Fsp3) is 0. The maximum absolute atomic E-state index is 5.03. The summed E-state index contributed by atoms with van der Waals surface area (Å²) in [6, 6.07) is 61.6. The van der Waals surface area contributed by atoms with Gasteiger partial charge < -0.3 is 0 Å². The lowest BCUT2D eigenvalue weighted by Crippen LogP contribution is -1.97. The molecule has 0 aliphatic rings. The maximum Gasteiger partial charge on any atom is 0.145 e. The topological polar surface area (TPSA) is 17.8 Å². The summed E-state index contributed by atoms with van der Waals surface area (Å²) in [6.45, 7) is 0. The van der Waals surface area contributed by atoms with Gasteiger partial charge in [-0.25, -0.2) is 4.98 Å². The molecule has 0 atom stereocenters. The molecule has 0 saturated carbocycles. The molecule has 0 bridgehead atoms. The molecule has 218 valence electrons. The highest BCUT2D eigenvalue weighted by atomic mass is 15.1. The smallest absolute Gasteiger partial charge is 0.145 e. The summed E-state index contributed by atoms with van der Waals surface area (Å²) in [7, 11) is 0. The molecule has 0 N–H and O–H groups in total. The summed E-state index contributed by atoms with van der Waals surface area (Å²) >= 11 is 0. The van der Waals surface area contributed by atoms with Crippen LogP contribution in [-0.4, -0.2) is 9.55 Å².